The normalized spacial score (nSPS) is 27.8. The van der Waals surface area contributed by atoms with Crippen molar-refractivity contribution in [2.45, 2.75) is 216 Å². The van der Waals surface area contributed by atoms with E-state index in [1.54, 1.807) is 6.08 Å². The molecule has 262 valence electrons. The fourth-order valence-corrected chi connectivity index (χ4v) is 7.29. The van der Waals surface area contributed by atoms with Crippen LogP contribution in [0.2, 0.25) is 0 Å². The maximum atomic E-state index is 11.7. The molecule has 0 radical (unpaired) electrons. The van der Waals surface area contributed by atoms with E-state index < -0.39 is 24.4 Å². The fraction of sp³-hybridized carbons (Fsp3) is 0.919. The second-order valence-electron chi connectivity index (χ2n) is 14.2. The van der Waals surface area contributed by atoms with Crippen LogP contribution in [0.4, 0.5) is 0 Å². The van der Waals surface area contributed by atoms with Gasteiger partial charge in [-0.05, 0) is 70.8 Å². The van der Waals surface area contributed by atoms with Gasteiger partial charge in [-0.25, -0.2) is 4.79 Å². The number of carbonyl (C=O) groups excluding carboxylic acids is 1. The standard InChI is InChI=1S/C37H66O8/c1-3-4-5-6-7-8-9-10-11-15-18-31(40)33-21-23-35(44-33)36-24-22-34(45-36)32(41)20-19-29(38)16-13-12-14-17-30(39)26-28-25-27(2)43-37(28)42/h25,27,29-36,38-41H,3-24,26H2,1-2H3/t27?,29?,30?,31-,32-,33-,34-,35-,36-/m0/s1. The molecule has 2 fully saturated rings. The van der Waals surface area contributed by atoms with Crippen LogP contribution in [0.3, 0.4) is 0 Å². The minimum atomic E-state index is -0.599. The second kappa shape index (κ2) is 21.8. The lowest BCUT2D eigenvalue weighted by molar-refractivity contribution is -0.139. The Kier molecular flexibility index (Phi) is 18.6. The van der Waals surface area contributed by atoms with E-state index in [1.807, 2.05) is 6.92 Å². The Morgan fingerprint density at radius 2 is 1.13 bits per heavy atom. The molecule has 0 saturated carbocycles. The predicted molar refractivity (Wildman–Crippen MR) is 177 cm³/mol. The molecule has 4 N–H and O–H groups in total. The third-order valence-electron chi connectivity index (χ3n) is 10.1. The molecule has 2 saturated heterocycles. The van der Waals surface area contributed by atoms with Gasteiger partial charge in [-0.15, -0.1) is 0 Å². The van der Waals surface area contributed by atoms with Crippen LogP contribution in [0.5, 0.6) is 0 Å². The van der Waals surface area contributed by atoms with Gasteiger partial charge in [-0.1, -0.05) is 90.4 Å². The summed E-state index contributed by atoms with van der Waals surface area (Å²) in [5.41, 5.74) is 0.565. The van der Waals surface area contributed by atoms with Crippen LogP contribution in [0.1, 0.15) is 162 Å². The lowest BCUT2D eigenvalue weighted by Gasteiger charge is -2.24. The summed E-state index contributed by atoms with van der Waals surface area (Å²) in [5.74, 6) is -0.323. The highest BCUT2D eigenvalue weighted by atomic mass is 16.6. The van der Waals surface area contributed by atoms with Crippen LogP contribution in [0.15, 0.2) is 11.6 Å². The lowest BCUT2D eigenvalue weighted by atomic mass is 9.98. The summed E-state index contributed by atoms with van der Waals surface area (Å²) in [6, 6.07) is 0. The molecular weight excluding hydrogens is 572 g/mol. The van der Waals surface area contributed by atoms with Crippen molar-refractivity contribution in [3.8, 4) is 0 Å². The second-order valence-corrected chi connectivity index (χ2v) is 14.2. The van der Waals surface area contributed by atoms with E-state index in [1.165, 1.54) is 57.8 Å². The molecule has 0 bridgehead atoms. The molecule has 3 heterocycles. The number of carbonyl (C=O) groups is 1. The molecule has 45 heavy (non-hydrogen) atoms. The van der Waals surface area contributed by atoms with E-state index in [-0.39, 0.29) is 36.5 Å². The smallest absolute Gasteiger partial charge is 0.334 e. The summed E-state index contributed by atoms with van der Waals surface area (Å²) in [6.07, 6.45) is 21.6. The summed E-state index contributed by atoms with van der Waals surface area (Å²) < 4.78 is 17.6. The van der Waals surface area contributed by atoms with Crippen molar-refractivity contribution in [2.24, 2.45) is 0 Å². The van der Waals surface area contributed by atoms with Crippen LogP contribution < -0.4 is 0 Å². The maximum absolute atomic E-state index is 11.7. The van der Waals surface area contributed by atoms with Gasteiger partial charge in [-0.2, -0.15) is 0 Å². The van der Waals surface area contributed by atoms with Crippen LogP contribution in [0.25, 0.3) is 0 Å². The minimum Gasteiger partial charge on any atom is -0.455 e. The predicted octanol–water partition coefficient (Wildman–Crippen LogP) is 6.83. The summed E-state index contributed by atoms with van der Waals surface area (Å²) in [6.45, 7) is 4.07. The SMILES string of the molecule is CCCCCCCCCCCC[C@H](O)[C@@H]1CC[C@@H]([C@@H]2CC[C@@H]([C@@H](O)CCC(O)CCCCCC(O)CC3=CC(C)OC3=O)O2)O1. The Bertz CT molecular complexity index is 833. The molecule has 0 aromatic carbocycles. The van der Waals surface area contributed by atoms with Crippen molar-refractivity contribution in [3.05, 3.63) is 11.6 Å². The maximum Gasteiger partial charge on any atom is 0.334 e. The first-order chi connectivity index (χ1) is 21.8. The molecule has 0 aromatic heterocycles. The van der Waals surface area contributed by atoms with Crippen molar-refractivity contribution >= 4 is 5.97 Å². The number of aliphatic hydroxyl groups excluding tert-OH is 4. The third kappa shape index (κ3) is 14.7. The molecule has 3 rings (SSSR count). The average Bonchev–Trinajstić information content (AvgIpc) is 3.77. The Balaban J connectivity index is 1.18. The molecule has 0 spiro atoms. The Morgan fingerprint density at radius 3 is 1.69 bits per heavy atom. The van der Waals surface area contributed by atoms with E-state index >= 15 is 0 Å². The van der Waals surface area contributed by atoms with Crippen LogP contribution >= 0.6 is 0 Å². The number of unbranched alkanes of at least 4 members (excludes halogenated alkanes) is 11. The van der Waals surface area contributed by atoms with E-state index in [4.69, 9.17) is 14.2 Å². The molecule has 0 aromatic rings. The topological polar surface area (TPSA) is 126 Å². The first-order valence-corrected chi connectivity index (χ1v) is 18.7. The number of ether oxygens (including phenoxy) is 3. The summed E-state index contributed by atoms with van der Waals surface area (Å²) in [4.78, 5) is 11.7. The van der Waals surface area contributed by atoms with E-state index in [2.05, 4.69) is 6.92 Å². The van der Waals surface area contributed by atoms with Gasteiger partial charge in [0, 0.05) is 12.0 Å². The number of hydrogen-bond acceptors (Lipinski definition) is 8. The van der Waals surface area contributed by atoms with Gasteiger partial charge >= 0.3 is 5.97 Å². The van der Waals surface area contributed by atoms with E-state index in [9.17, 15) is 25.2 Å². The molecule has 0 amide bonds. The van der Waals surface area contributed by atoms with Crippen LogP contribution in [0, 0.1) is 0 Å². The van der Waals surface area contributed by atoms with Gasteiger partial charge in [-0.3, -0.25) is 0 Å². The van der Waals surface area contributed by atoms with Crippen molar-refractivity contribution in [2.75, 3.05) is 0 Å². The number of rotatable bonds is 25. The first kappa shape index (κ1) is 38.4. The largest absolute Gasteiger partial charge is 0.455 e. The minimum absolute atomic E-state index is 0.00839. The van der Waals surface area contributed by atoms with Gasteiger partial charge in [0.15, 0.2) is 0 Å². The molecule has 3 unspecified atom stereocenters. The first-order valence-electron chi connectivity index (χ1n) is 18.7. The molecule has 3 aliphatic heterocycles. The van der Waals surface area contributed by atoms with Crippen molar-refractivity contribution in [1.82, 2.24) is 0 Å². The monoisotopic (exact) mass is 638 g/mol. The van der Waals surface area contributed by atoms with E-state index in [0.717, 1.165) is 57.8 Å². The van der Waals surface area contributed by atoms with Crippen molar-refractivity contribution in [1.29, 1.82) is 0 Å². The zero-order chi connectivity index (χ0) is 32.4. The third-order valence-corrected chi connectivity index (χ3v) is 10.1. The van der Waals surface area contributed by atoms with Gasteiger partial charge in [0.1, 0.15) is 6.10 Å². The van der Waals surface area contributed by atoms with Crippen LogP contribution in [-0.2, 0) is 19.0 Å². The van der Waals surface area contributed by atoms with E-state index in [0.29, 0.717) is 37.7 Å². The van der Waals surface area contributed by atoms with Crippen molar-refractivity contribution in [3.63, 3.8) is 0 Å². The zero-order valence-corrected chi connectivity index (χ0v) is 28.5. The Morgan fingerprint density at radius 1 is 0.644 bits per heavy atom. The summed E-state index contributed by atoms with van der Waals surface area (Å²) in [7, 11) is 0. The van der Waals surface area contributed by atoms with Crippen LogP contribution in [-0.4, -0.2) is 81.3 Å². The highest BCUT2D eigenvalue weighted by Crippen LogP contribution is 2.34. The summed E-state index contributed by atoms with van der Waals surface area (Å²) in [5, 5.41) is 42.2. The molecule has 8 heteroatoms. The summed E-state index contributed by atoms with van der Waals surface area (Å²) >= 11 is 0. The van der Waals surface area contributed by atoms with Gasteiger partial charge in [0.2, 0.25) is 0 Å². The lowest BCUT2D eigenvalue weighted by Crippen LogP contribution is -2.33. The highest BCUT2D eigenvalue weighted by molar-refractivity contribution is 5.90. The Labute approximate surface area is 273 Å². The Hall–Kier alpha value is -1.03. The molecule has 0 aliphatic carbocycles. The molecule has 8 nitrogen and oxygen atoms in total. The number of hydrogen-bond donors (Lipinski definition) is 4. The quantitative estimate of drug-likeness (QED) is 0.0634. The highest BCUT2D eigenvalue weighted by Gasteiger charge is 2.40. The molecular formula is C37H66O8. The number of aliphatic hydroxyl groups is 4. The molecule has 9 atom stereocenters. The van der Waals surface area contributed by atoms with Crippen molar-refractivity contribution < 1.29 is 39.4 Å². The van der Waals surface area contributed by atoms with Gasteiger partial charge < -0.3 is 34.6 Å². The van der Waals surface area contributed by atoms with Gasteiger partial charge in [0.25, 0.3) is 0 Å². The molecule has 3 aliphatic rings. The number of cyclic esters (lactones) is 1. The van der Waals surface area contributed by atoms with Gasteiger partial charge in [0.05, 0.1) is 48.8 Å². The fourth-order valence-electron chi connectivity index (χ4n) is 7.29. The average molecular weight is 639 g/mol. The zero-order valence-electron chi connectivity index (χ0n) is 28.5. The number of esters is 1.